The second-order valence-corrected chi connectivity index (χ2v) is 4.22. The Balaban J connectivity index is 2.43. The van der Waals surface area contributed by atoms with Crippen molar-refractivity contribution in [2.24, 2.45) is 7.05 Å². The van der Waals surface area contributed by atoms with Crippen LogP contribution in [0.5, 0.6) is 0 Å². The number of aliphatic hydroxyl groups excluding tert-OH is 1. The molecular weight excluding hydrogens is 268 g/mol. The molecule has 0 aliphatic rings. The topological polar surface area (TPSA) is 64.3 Å². The fraction of sp³-hybridized carbons (Fsp3) is 0.125. The number of nitrogens with zero attached hydrogens (tertiary/aromatic N) is 2. The number of aryl methyl sites for hydroxylation is 1. The van der Waals surface area contributed by atoms with Crippen molar-refractivity contribution >= 4 is 11.5 Å². The van der Waals surface area contributed by atoms with Crippen LogP contribution in [0.15, 0.2) is 42.8 Å². The Morgan fingerprint density at radius 2 is 2.05 bits per heavy atom. The van der Waals surface area contributed by atoms with Crippen LogP contribution in [0.4, 0.5) is 0 Å². The van der Waals surface area contributed by atoms with E-state index in [2.05, 4.69) is 21.7 Å². The Hall–Kier alpha value is -3.00. The third-order valence-electron chi connectivity index (χ3n) is 2.73. The van der Waals surface area contributed by atoms with Crippen LogP contribution in [0.2, 0.25) is 0 Å². The van der Waals surface area contributed by atoms with Gasteiger partial charge in [-0.15, -0.1) is 0 Å². The first-order valence-electron chi connectivity index (χ1n) is 6.19. The molecule has 2 aromatic rings. The number of aromatic nitrogens is 2. The predicted molar refractivity (Wildman–Crippen MR) is 78.3 cm³/mol. The SMILES string of the molecule is COC(=O)C(=CO)c1nn(C)cc1C#Cc1ccccc1. The lowest BCUT2D eigenvalue weighted by Gasteiger charge is -2.00. The normalized spacial score (nSPS) is 10.7. The van der Waals surface area contributed by atoms with E-state index >= 15 is 0 Å². The highest BCUT2D eigenvalue weighted by atomic mass is 16.5. The molecule has 0 aliphatic carbocycles. The molecule has 5 heteroatoms. The highest BCUT2D eigenvalue weighted by Crippen LogP contribution is 2.17. The number of hydrogen-bond donors (Lipinski definition) is 1. The minimum absolute atomic E-state index is 0.0320. The average molecular weight is 282 g/mol. The van der Waals surface area contributed by atoms with Gasteiger partial charge >= 0.3 is 5.97 Å². The van der Waals surface area contributed by atoms with Crippen molar-refractivity contribution in [1.82, 2.24) is 9.78 Å². The first-order chi connectivity index (χ1) is 10.2. The molecule has 0 saturated carbocycles. The summed E-state index contributed by atoms with van der Waals surface area (Å²) in [6, 6.07) is 9.45. The van der Waals surface area contributed by atoms with Crippen LogP contribution in [0.25, 0.3) is 5.57 Å². The Morgan fingerprint density at radius 1 is 1.33 bits per heavy atom. The summed E-state index contributed by atoms with van der Waals surface area (Å²) in [6.45, 7) is 0. The lowest BCUT2D eigenvalue weighted by atomic mass is 10.1. The van der Waals surface area contributed by atoms with Gasteiger partial charge in [0.2, 0.25) is 0 Å². The van der Waals surface area contributed by atoms with Gasteiger partial charge in [-0.05, 0) is 12.1 Å². The van der Waals surface area contributed by atoms with Crippen LogP contribution in [0.1, 0.15) is 16.8 Å². The summed E-state index contributed by atoms with van der Waals surface area (Å²) in [4.78, 5) is 11.6. The van der Waals surface area contributed by atoms with Gasteiger partial charge < -0.3 is 9.84 Å². The number of aliphatic hydroxyl groups is 1. The third kappa shape index (κ3) is 3.31. The molecule has 1 aromatic carbocycles. The molecule has 106 valence electrons. The van der Waals surface area contributed by atoms with Crippen LogP contribution in [-0.2, 0) is 16.6 Å². The van der Waals surface area contributed by atoms with E-state index in [0.29, 0.717) is 11.8 Å². The van der Waals surface area contributed by atoms with Gasteiger partial charge in [0.1, 0.15) is 11.3 Å². The molecule has 0 aliphatic heterocycles. The highest BCUT2D eigenvalue weighted by molar-refractivity contribution is 6.16. The van der Waals surface area contributed by atoms with E-state index in [4.69, 9.17) is 0 Å². The van der Waals surface area contributed by atoms with E-state index in [-0.39, 0.29) is 11.3 Å². The van der Waals surface area contributed by atoms with Gasteiger partial charge in [0.25, 0.3) is 0 Å². The maximum atomic E-state index is 11.6. The monoisotopic (exact) mass is 282 g/mol. The molecule has 0 bridgehead atoms. The quantitative estimate of drug-likeness (QED) is 0.395. The van der Waals surface area contributed by atoms with E-state index in [1.54, 1.807) is 13.2 Å². The number of rotatable bonds is 2. The molecule has 0 fully saturated rings. The fourth-order valence-electron chi connectivity index (χ4n) is 1.76. The van der Waals surface area contributed by atoms with Crippen molar-refractivity contribution in [2.75, 3.05) is 7.11 Å². The lowest BCUT2D eigenvalue weighted by Crippen LogP contribution is -2.06. The van der Waals surface area contributed by atoms with Crippen LogP contribution in [0.3, 0.4) is 0 Å². The number of hydrogen-bond acceptors (Lipinski definition) is 4. The Morgan fingerprint density at radius 3 is 2.67 bits per heavy atom. The molecule has 0 saturated heterocycles. The summed E-state index contributed by atoms with van der Waals surface area (Å²) in [5.41, 5.74) is 1.64. The van der Waals surface area contributed by atoms with Crippen LogP contribution in [-0.4, -0.2) is 28.0 Å². The summed E-state index contributed by atoms with van der Waals surface area (Å²) >= 11 is 0. The van der Waals surface area contributed by atoms with Crippen LogP contribution >= 0.6 is 0 Å². The minimum Gasteiger partial charge on any atom is -0.515 e. The molecule has 0 radical (unpaired) electrons. The molecule has 1 heterocycles. The van der Waals surface area contributed by atoms with Gasteiger partial charge in [0.05, 0.1) is 18.9 Å². The summed E-state index contributed by atoms with van der Waals surface area (Å²) in [6.07, 6.45) is 2.36. The minimum atomic E-state index is -0.668. The molecule has 5 nitrogen and oxygen atoms in total. The van der Waals surface area contributed by atoms with E-state index in [1.165, 1.54) is 11.8 Å². The summed E-state index contributed by atoms with van der Waals surface area (Å²) in [5.74, 6) is 5.27. The van der Waals surface area contributed by atoms with Crippen LogP contribution < -0.4 is 0 Å². The van der Waals surface area contributed by atoms with Crippen molar-refractivity contribution < 1.29 is 14.6 Å². The van der Waals surface area contributed by atoms with E-state index in [9.17, 15) is 9.90 Å². The smallest absolute Gasteiger partial charge is 0.343 e. The molecule has 1 aromatic heterocycles. The second kappa shape index (κ2) is 6.44. The number of esters is 1. The number of carbonyl (C=O) groups is 1. The summed E-state index contributed by atoms with van der Waals surface area (Å²) < 4.78 is 6.14. The van der Waals surface area contributed by atoms with Gasteiger partial charge in [0.15, 0.2) is 0 Å². The van der Waals surface area contributed by atoms with Gasteiger partial charge in [0, 0.05) is 18.8 Å². The average Bonchev–Trinajstić information content (AvgIpc) is 2.87. The van der Waals surface area contributed by atoms with E-state index in [0.717, 1.165) is 5.56 Å². The molecule has 0 amide bonds. The Labute approximate surface area is 122 Å². The number of ether oxygens (including phenoxy) is 1. The first kappa shape index (κ1) is 14.4. The second-order valence-electron chi connectivity index (χ2n) is 4.22. The number of methoxy groups -OCH3 is 1. The van der Waals surface area contributed by atoms with Crippen LogP contribution in [0, 0.1) is 11.8 Å². The van der Waals surface area contributed by atoms with Gasteiger partial charge in [-0.25, -0.2) is 4.79 Å². The third-order valence-corrected chi connectivity index (χ3v) is 2.73. The van der Waals surface area contributed by atoms with Crippen molar-refractivity contribution in [3.8, 4) is 11.8 Å². The zero-order valence-electron chi connectivity index (χ0n) is 11.7. The fourth-order valence-corrected chi connectivity index (χ4v) is 1.76. The van der Waals surface area contributed by atoms with E-state index in [1.807, 2.05) is 30.3 Å². The largest absolute Gasteiger partial charge is 0.515 e. The lowest BCUT2D eigenvalue weighted by molar-refractivity contribution is -0.133. The first-order valence-corrected chi connectivity index (χ1v) is 6.19. The van der Waals surface area contributed by atoms with E-state index < -0.39 is 5.97 Å². The summed E-state index contributed by atoms with van der Waals surface area (Å²) in [5, 5.41) is 13.4. The molecule has 21 heavy (non-hydrogen) atoms. The van der Waals surface area contributed by atoms with Gasteiger partial charge in [-0.1, -0.05) is 30.0 Å². The number of carbonyl (C=O) groups excluding carboxylic acids is 1. The Bertz CT molecular complexity index is 734. The summed E-state index contributed by atoms with van der Waals surface area (Å²) in [7, 11) is 2.95. The standard InChI is InChI=1S/C16H14N2O3/c1-18-10-13(9-8-12-6-4-3-5-7-12)15(17-18)14(11-19)16(20)21-2/h3-7,10-11,19H,1-2H3. The van der Waals surface area contributed by atoms with Crippen molar-refractivity contribution in [2.45, 2.75) is 0 Å². The molecular formula is C16H14N2O3. The Kier molecular flexibility index (Phi) is 4.42. The molecule has 0 atom stereocenters. The van der Waals surface area contributed by atoms with Crippen molar-refractivity contribution in [3.05, 3.63) is 59.6 Å². The maximum absolute atomic E-state index is 11.6. The van der Waals surface area contributed by atoms with Gasteiger partial charge in [-0.2, -0.15) is 5.10 Å². The highest BCUT2D eigenvalue weighted by Gasteiger charge is 2.19. The number of benzene rings is 1. The molecule has 1 N–H and O–H groups in total. The molecule has 2 rings (SSSR count). The van der Waals surface area contributed by atoms with Gasteiger partial charge in [-0.3, -0.25) is 4.68 Å². The predicted octanol–water partition coefficient (Wildman–Crippen LogP) is 1.89. The zero-order chi connectivity index (χ0) is 15.2. The van der Waals surface area contributed by atoms with Crippen molar-refractivity contribution in [1.29, 1.82) is 0 Å². The maximum Gasteiger partial charge on any atom is 0.343 e. The van der Waals surface area contributed by atoms with Crippen molar-refractivity contribution in [3.63, 3.8) is 0 Å². The zero-order valence-corrected chi connectivity index (χ0v) is 11.7. The molecule has 0 unspecified atom stereocenters. The molecule has 0 spiro atoms.